The van der Waals surface area contributed by atoms with E-state index in [9.17, 15) is 9.59 Å². The minimum Gasteiger partial charge on any atom is -0.344 e. The van der Waals surface area contributed by atoms with Crippen LogP contribution in [0.5, 0.6) is 0 Å². The highest BCUT2D eigenvalue weighted by Gasteiger charge is 2.32. The van der Waals surface area contributed by atoms with E-state index in [1.54, 1.807) is 4.90 Å². The first-order chi connectivity index (χ1) is 8.49. The van der Waals surface area contributed by atoms with E-state index in [4.69, 9.17) is 11.6 Å². The van der Waals surface area contributed by atoms with Gasteiger partial charge in [-0.25, -0.2) is 0 Å². The fourth-order valence-corrected chi connectivity index (χ4v) is 2.03. The van der Waals surface area contributed by atoms with Crippen LogP contribution in [0, 0.1) is 5.92 Å². The lowest BCUT2D eigenvalue weighted by Crippen LogP contribution is -2.48. The molecule has 4 nitrogen and oxygen atoms in total. The molecule has 2 atom stereocenters. The highest BCUT2D eigenvalue weighted by Crippen LogP contribution is 2.15. The first-order valence-corrected chi connectivity index (χ1v) is 6.77. The molecule has 5 heteroatoms. The van der Waals surface area contributed by atoms with Crippen LogP contribution in [0.15, 0.2) is 11.1 Å². The van der Waals surface area contributed by atoms with Crippen molar-refractivity contribution in [2.24, 2.45) is 5.92 Å². The summed E-state index contributed by atoms with van der Waals surface area (Å²) in [5.74, 6) is 0.0825. The van der Waals surface area contributed by atoms with Gasteiger partial charge in [0.25, 0.3) is 0 Å². The van der Waals surface area contributed by atoms with Gasteiger partial charge in [-0.3, -0.25) is 9.59 Å². The number of nitrogens with zero attached hydrogens (tertiary/aromatic N) is 1. The van der Waals surface area contributed by atoms with Crippen molar-refractivity contribution >= 4 is 23.4 Å². The molecule has 0 aromatic heterocycles. The summed E-state index contributed by atoms with van der Waals surface area (Å²) in [5.41, 5.74) is 2.40. The van der Waals surface area contributed by atoms with Gasteiger partial charge in [-0.15, -0.1) is 0 Å². The molecular weight excluding hydrogens is 252 g/mol. The second-order valence-electron chi connectivity index (χ2n) is 4.90. The third kappa shape index (κ3) is 3.73. The molecule has 0 spiro atoms. The summed E-state index contributed by atoms with van der Waals surface area (Å²) in [5, 5.41) is 2.82. The Labute approximate surface area is 113 Å². The highest BCUT2D eigenvalue weighted by molar-refractivity contribution is 6.25. The van der Waals surface area contributed by atoms with Crippen molar-refractivity contribution in [3.63, 3.8) is 0 Å². The Bertz CT molecular complexity index is 355. The van der Waals surface area contributed by atoms with E-state index in [2.05, 4.69) is 5.32 Å². The molecule has 1 rings (SSSR count). The number of amides is 2. The van der Waals surface area contributed by atoms with Crippen LogP contribution in [-0.2, 0) is 9.59 Å². The predicted molar refractivity (Wildman–Crippen MR) is 72.2 cm³/mol. The van der Waals surface area contributed by atoms with E-state index in [0.717, 1.165) is 12.0 Å². The number of carbonyl (C=O) groups is 2. The van der Waals surface area contributed by atoms with Gasteiger partial charge in [-0.05, 0) is 18.4 Å². The molecule has 1 saturated heterocycles. The maximum Gasteiger partial charge on any atom is 0.245 e. The maximum absolute atomic E-state index is 12.4. The molecule has 0 aromatic rings. The van der Waals surface area contributed by atoms with Gasteiger partial charge in [-0.2, -0.15) is 0 Å². The number of rotatable bonds is 4. The van der Waals surface area contributed by atoms with E-state index < -0.39 is 6.04 Å². The topological polar surface area (TPSA) is 49.4 Å². The van der Waals surface area contributed by atoms with E-state index in [1.165, 1.54) is 5.54 Å². The maximum atomic E-state index is 12.4. The zero-order valence-electron chi connectivity index (χ0n) is 11.2. The van der Waals surface area contributed by atoms with Gasteiger partial charge < -0.3 is 10.2 Å². The quantitative estimate of drug-likeness (QED) is 0.850. The summed E-state index contributed by atoms with van der Waals surface area (Å²) in [6.45, 7) is 6.82. The highest BCUT2D eigenvalue weighted by atomic mass is 35.5. The van der Waals surface area contributed by atoms with Gasteiger partial charge in [-0.1, -0.05) is 31.9 Å². The Morgan fingerprint density at radius 3 is 2.83 bits per heavy atom. The molecule has 0 aromatic carbocycles. The minimum absolute atomic E-state index is 0.00642. The van der Waals surface area contributed by atoms with Crippen molar-refractivity contribution < 1.29 is 9.59 Å². The zero-order valence-corrected chi connectivity index (χ0v) is 12.0. The minimum atomic E-state index is -0.409. The standard InChI is InChI=1S/C13H21ClN2O2/c1-4-10(3)12-13(18)16(8-9(2)7-14)6-5-11(17)15-12/h7,10,12H,4-6,8H2,1-3H3,(H,15,17). The molecule has 18 heavy (non-hydrogen) atoms. The van der Waals surface area contributed by atoms with E-state index in [1.807, 2.05) is 20.8 Å². The number of hydrogen-bond donors (Lipinski definition) is 1. The Morgan fingerprint density at radius 1 is 1.61 bits per heavy atom. The van der Waals surface area contributed by atoms with Crippen LogP contribution in [0.2, 0.25) is 0 Å². The number of carbonyl (C=O) groups excluding carboxylic acids is 2. The molecule has 0 aliphatic carbocycles. The molecule has 1 heterocycles. The van der Waals surface area contributed by atoms with Crippen molar-refractivity contribution in [1.29, 1.82) is 0 Å². The van der Waals surface area contributed by atoms with Gasteiger partial charge in [0, 0.05) is 25.0 Å². The molecule has 2 amide bonds. The molecule has 0 saturated carbocycles. The Hall–Kier alpha value is -1.03. The summed E-state index contributed by atoms with van der Waals surface area (Å²) >= 11 is 5.63. The Morgan fingerprint density at radius 2 is 2.28 bits per heavy atom. The lowest BCUT2D eigenvalue weighted by atomic mass is 9.98. The average molecular weight is 273 g/mol. The summed E-state index contributed by atoms with van der Waals surface area (Å²) in [4.78, 5) is 25.7. The molecule has 2 unspecified atom stereocenters. The van der Waals surface area contributed by atoms with Crippen LogP contribution in [0.4, 0.5) is 0 Å². The average Bonchev–Trinajstić information content (AvgIpc) is 2.50. The van der Waals surface area contributed by atoms with E-state index in [-0.39, 0.29) is 17.7 Å². The van der Waals surface area contributed by atoms with E-state index >= 15 is 0 Å². The largest absolute Gasteiger partial charge is 0.344 e. The van der Waals surface area contributed by atoms with Crippen LogP contribution >= 0.6 is 11.6 Å². The third-order valence-corrected chi connectivity index (χ3v) is 3.72. The van der Waals surface area contributed by atoms with Crippen LogP contribution in [0.25, 0.3) is 0 Å². The SMILES string of the molecule is CCC(C)C1NC(=O)CCN(CC(C)=CCl)C1=O. The fraction of sp³-hybridized carbons (Fsp3) is 0.692. The normalized spacial score (nSPS) is 23.7. The van der Waals surface area contributed by atoms with Crippen LogP contribution < -0.4 is 5.32 Å². The Balaban J connectivity index is 2.85. The molecular formula is C13H21ClN2O2. The molecule has 1 N–H and O–H groups in total. The van der Waals surface area contributed by atoms with Gasteiger partial charge in [0.15, 0.2) is 0 Å². The smallest absolute Gasteiger partial charge is 0.245 e. The van der Waals surface area contributed by atoms with Crippen LogP contribution in [0.1, 0.15) is 33.6 Å². The monoisotopic (exact) mass is 272 g/mol. The lowest BCUT2D eigenvalue weighted by molar-refractivity contribution is -0.134. The molecule has 102 valence electrons. The molecule has 1 aliphatic heterocycles. The Kier molecular flexibility index (Phi) is 5.66. The van der Waals surface area contributed by atoms with Gasteiger partial charge in [0.1, 0.15) is 6.04 Å². The van der Waals surface area contributed by atoms with Crippen molar-refractivity contribution in [1.82, 2.24) is 10.2 Å². The van der Waals surface area contributed by atoms with Crippen molar-refractivity contribution in [2.75, 3.05) is 13.1 Å². The molecule has 0 radical (unpaired) electrons. The summed E-state index contributed by atoms with van der Waals surface area (Å²) in [7, 11) is 0. The van der Waals surface area contributed by atoms with Crippen molar-refractivity contribution in [3.8, 4) is 0 Å². The first-order valence-electron chi connectivity index (χ1n) is 6.33. The van der Waals surface area contributed by atoms with Crippen molar-refractivity contribution in [2.45, 2.75) is 39.7 Å². The summed E-state index contributed by atoms with van der Waals surface area (Å²) in [6, 6.07) is -0.409. The van der Waals surface area contributed by atoms with Gasteiger partial charge in [0.2, 0.25) is 11.8 Å². The predicted octanol–water partition coefficient (Wildman–Crippen LogP) is 1.89. The molecule has 1 fully saturated rings. The number of nitrogens with one attached hydrogen (secondary N) is 1. The summed E-state index contributed by atoms with van der Waals surface area (Å²) < 4.78 is 0. The van der Waals surface area contributed by atoms with Crippen molar-refractivity contribution in [3.05, 3.63) is 11.1 Å². The van der Waals surface area contributed by atoms with Gasteiger partial charge >= 0.3 is 0 Å². The second-order valence-corrected chi connectivity index (χ2v) is 5.11. The lowest BCUT2D eigenvalue weighted by Gasteiger charge is -2.27. The fourth-order valence-electron chi connectivity index (χ4n) is 1.96. The third-order valence-electron chi connectivity index (χ3n) is 3.34. The first kappa shape index (κ1) is 15.0. The zero-order chi connectivity index (χ0) is 13.7. The summed E-state index contributed by atoms with van der Waals surface area (Å²) in [6.07, 6.45) is 1.21. The van der Waals surface area contributed by atoms with Gasteiger partial charge in [0.05, 0.1) is 0 Å². The van der Waals surface area contributed by atoms with Crippen LogP contribution in [0.3, 0.4) is 0 Å². The van der Waals surface area contributed by atoms with Crippen LogP contribution in [-0.4, -0.2) is 35.8 Å². The van der Waals surface area contributed by atoms with E-state index in [0.29, 0.717) is 19.5 Å². The second kappa shape index (κ2) is 6.78. The molecule has 1 aliphatic rings. The number of hydrogen-bond acceptors (Lipinski definition) is 2. The molecule has 0 bridgehead atoms. The number of halogens is 1.